The molecule has 3 rings (SSSR count). The summed E-state index contributed by atoms with van der Waals surface area (Å²) >= 11 is 0. The third-order valence-electron chi connectivity index (χ3n) is 6.70. The number of hydrogen-bond donors (Lipinski definition) is 0. The Kier molecular flexibility index (Phi) is 12.2. The molecule has 1 atom stereocenters. The van der Waals surface area contributed by atoms with Gasteiger partial charge >= 0.3 is 6.18 Å². The topological polar surface area (TPSA) is 95.5 Å². The van der Waals surface area contributed by atoms with E-state index in [0.29, 0.717) is 34.6 Å². The highest BCUT2D eigenvalue weighted by molar-refractivity contribution is 7.91. The first-order valence-corrected chi connectivity index (χ1v) is 15.2. The predicted molar refractivity (Wildman–Crippen MR) is 159 cm³/mol. The largest absolute Gasteiger partial charge is 0.419 e. The van der Waals surface area contributed by atoms with Gasteiger partial charge in [-0.25, -0.2) is 22.2 Å². The summed E-state index contributed by atoms with van der Waals surface area (Å²) in [5.74, 6) is -3.39. The molecule has 13 heteroatoms. The van der Waals surface area contributed by atoms with Crippen molar-refractivity contribution in [3.05, 3.63) is 102 Å². The smallest absolute Gasteiger partial charge is 0.333 e. The molecule has 0 fully saturated rings. The van der Waals surface area contributed by atoms with Crippen LogP contribution in [0.25, 0.3) is 11.2 Å². The van der Waals surface area contributed by atoms with Crippen molar-refractivity contribution in [3.63, 3.8) is 0 Å². The minimum atomic E-state index is -4.98. The molecule has 0 spiro atoms. The molecule has 1 unspecified atom stereocenters. The molecular formula is C31H33F5N4O3S. The summed E-state index contributed by atoms with van der Waals surface area (Å²) in [6, 6.07) is 5.92. The molecule has 1 amide bonds. The second-order valence-electron chi connectivity index (χ2n) is 9.72. The number of nitrogens with zero attached hydrogens (tertiary/aromatic N) is 4. The highest BCUT2D eigenvalue weighted by Gasteiger charge is 2.35. The fourth-order valence-corrected chi connectivity index (χ4v) is 5.09. The van der Waals surface area contributed by atoms with Crippen LogP contribution < -0.4 is 0 Å². The number of hydrogen-bond acceptors (Lipinski definition) is 5. The first kappa shape index (κ1) is 35.9. The van der Waals surface area contributed by atoms with Gasteiger partial charge in [-0.15, -0.1) is 13.2 Å². The van der Waals surface area contributed by atoms with Crippen LogP contribution in [0.5, 0.6) is 0 Å². The van der Waals surface area contributed by atoms with E-state index in [1.807, 2.05) is 6.07 Å². The first-order valence-electron chi connectivity index (χ1n) is 13.4. The molecule has 0 aliphatic heterocycles. The minimum absolute atomic E-state index is 0.116. The molecule has 0 saturated carbocycles. The van der Waals surface area contributed by atoms with E-state index >= 15 is 0 Å². The molecule has 0 radical (unpaired) electrons. The number of allylic oxidation sites excluding steroid dienone is 4. The Morgan fingerprint density at radius 1 is 1.16 bits per heavy atom. The standard InChI is InChI=1S/C29H29F5N4O3S.C2H4/c1-5-42(40,41)13-12-37(26(39)15-21-8-10-24(31)23(14-21)29(32,33)34)20(4)27-28(19(3)7-6-18(2)16-35)38-17-22(30)9-11-25(38)36-27;1-2/h6-11,14,17,20H,5,12-13,15H2,1-4H3;1-2H2/b18-6+,19-7+;. The van der Waals surface area contributed by atoms with Crippen LogP contribution in [-0.4, -0.2) is 46.7 Å². The fraction of sp³-hybridized carbons (Fsp3) is 0.323. The zero-order valence-electron chi connectivity index (χ0n) is 24.8. The van der Waals surface area contributed by atoms with Gasteiger partial charge in [0.25, 0.3) is 0 Å². The van der Waals surface area contributed by atoms with Crippen LogP contribution in [0.15, 0.2) is 67.4 Å². The number of pyridine rings is 1. The number of halogens is 5. The lowest BCUT2D eigenvalue weighted by atomic mass is 10.0. The van der Waals surface area contributed by atoms with Gasteiger partial charge in [0.2, 0.25) is 5.91 Å². The van der Waals surface area contributed by atoms with E-state index in [2.05, 4.69) is 18.1 Å². The van der Waals surface area contributed by atoms with Crippen molar-refractivity contribution in [1.29, 1.82) is 5.26 Å². The second-order valence-corrected chi connectivity index (χ2v) is 12.2. The fourth-order valence-electron chi connectivity index (χ4n) is 4.33. The summed E-state index contributed by atoms with van der Waals surface area (Å²) in [5.41, 5.74) is 0.284. The Balaban J connectivity index is 0.00000330. The van der Waals surface area contributed by atoms with Crippen LogP contribution >= 0.6 is 0 Å². The molecular weight excluding hydrogens is 603 g/mol. The highest BCUT2D eigenvalue weighted by Crippen LogP contribution is 2.33. The lowest BCUT2D eigenvalue weighted by Crippen LogP contribution is -2.39. The summed E-state index contributed by atoms with van der Waals surface area (Å²) in [5, 5.41) is 9.11. The van der Waals surface area contributed by atoms with Crippen molar-refractivity contribution in [2.75, 3.05) is 18.1 Å². The van der Waals surface area contributed by atoms with E-state index in [4.69, 9.17) is 5.26 Å². The SMILES string of the molecule is C=C.CCS(=O)(=O)CCN(C(=O)Cc1ccc(F)c(C(F)(F)F)c1)C(C)c1nc2ccc(F)cn2c1/C(C)=C/C=C(\C)C#N. The highest BCUT2D eigenvalue weighted by atomic mass is 32.2. The average Bonchev–Trinajstić information content (AvgIpc) is 3.35. The zero-order chi connectivity index (χ0) is 33.4. The molecule has 0 N–H and O–H groups in total. The number of sulfone groups is 1. The van der Waals surface area contributed by atoms with Gasteiger partial charge in [-0.3, -0.25) is 9.20 Å². The van der Waals surface area contributed by atoms with Crippen molar-refractivity contribution >= 4 is 27.0 Å². The number of alkyl halides is 3. The van der Waals surface area contributed by atoms with Gasteiger partial charge in [-0.1, -0.05) is 19.1 Å². The monoisotopic (exact) mass is 636 g/mol. The van der Waals surface area contributed by atoms with Crippen LogP contribution in [0.4, 0.5) is 22.0 Å². The molecule has 0 aliphatic carbocycles. The Bertz CT molecular complexity index is 1720. The van der Waals surface area contributed by atoms with Crippen LogP contribution in [0.3, 0.4) is 0 Å². The maximum Gasteiger partial charge on any atom is 0.419 e. The number of aromatic nitrogens is 2. The van der Waals surface area contributed by atoms with E-state index in [9.17, 15) is 35.2 Å². The number of carbonyl (C=O) groups is 1. The van der Waals surface area contributed by atoms with Crippen molar-refractivity contribution in [1.82, 2.24) is 14.3 Å². The van der Waals surface area contributed by atoms with Gasteiger partial charge in [0.15, 0.2) is 9.84 Å². The number of benzene rings is 1. The quantitative estimate of drug-likeness (QED) is 0.105. The third kappa shape index (κ3) is 8.86. The van der Waals surface area contributed by atoms with Crippen LogP contribution in [0, 0.1) is 23.0 Å². The number of imidazole rings is 1. The molecule has 7 nitrogen and oxygen atoms in total. The van der Waals surface area contributed by atoms with Gasteiger partial charge in [0.1, 0.15) is 17.3 Å². The first-order chi connectivity index (χ1) is 20.6. The average molecular weight is 637 g/mol. The van der Waals surface area contributed by atoms with E-state index < -0.39 is 57.3 Å². The molecule has 0 saturated heterocycles. The summed E-state index contributed by atoms with van der Waals surface area (Å²) in [7, 11) is -3.56. The lowest BCUT2D eigenvalue weighted by Gasteiger charge is -2.29. The maximum atomic E-state index is 14.3. The maximum absolute atomic E-state index is 14.3. The molecule has 2 heterocycles. The number of fused-ring (bicyclic) bond motifs is 1. The third-order valence-corrected chi connectivity index (χ3v) is 8.38. The minimum Gasteiger partial charge on any atom is -0.333 e. The van der Waals surface area contributed by atoms with Crippen molar-refractivity contribution in [2.45, 2.75) is 46.3 Å². The summed E-state index contributed by atoms with van der Waals surface area (Å²) in [6.45, 7) is 12.0. The second kappa shape index (κ2) is 14.9. The molecule has 1 aromatic carbocycles. The predicted octanol–water partition coefficient (Wildman–Crippen LogP) is 6.87. The van der Waals surface area contributed by atoms with E-state index in [-0.39, 0.29) is 23.6 Å². The zero-order valence-corrected chi connectivity index (χ0v) is 25.6. The summed E-state index contributed by atoms with van der Waals surface area (Å²) < 4.78 is 94.1. The molecule has 0 bridgehead atoms. The normalized spacial score (nSPS) is 13.2. The van der Waals surface area contributed by atoms with Crippen molar-refractivity contribution in [3.8, 4) is 6.07 Å². The molecule has 0 aliphatic rings. The summed E-state index contributed by atoms with van der Waals surface area (Å²) in [6.07, 6.45) is -1.19. The van der Waals surface area contributed by atoms with Gasteiger partial charge in [-0.05, 0) is 62.2 Å². The summed E-state index contributed by atoms with van der Waals surface area (Å²) in [4.78, 5) is 19.4. The van der Waals surface area contributed by atoms with Gasteiger partial charge in [-0.2, -0.15) is 18.4 Å². The number of rotatable bonds is 10. The van der Waals surface area contributed by atoms with E-state index in [1.54, 1.807) is 32.9 Å². The molecule has 44 heavy (non-hydrogen) atoms. The van der Waals surface area contributed by atoms with Crippen LogP contribution in [0.2, 0.25) is 0 Å². The van der Waals surface area contributed by atoms with E-state index in [0.717, 1.165) is 6.07 Å². The van der Waals surface area contributed by atoms with Crippen molar-refractivity contribution < 1.29 is 35.2 Å². The molecule has 3 aromatic rings. The Morgan fingerprint density at radius 3 is 2.41 bits per heavy atom. The van der Waals surface area contributed by atoms with Crippen molar-refractivity contribution in [2.24, 2.45) is 0 Å². The van der Waals surface area contributed by atoms with Crippen LogP contribution in [0.1, 0.15) is 56.3 Å². The molecule has 2 aromatic heterocycles. The number of nitriles is 1. The Morgan fingerprint density at radius 2 is 1.82 bits per heavy atom. The number of carbonyl (C=O) groups excluding carboxylic acids is 1. The van der Waals surface area contributed by atoms with Gasteiger partial charge < -0.3 is 4.90 Å². The number of amides is 1. The van der Waals surface area contributed by atoms with Gasteiger partial charge in [0.05, 0.1) is 41.2 Å². The van der Waals surface area contributed by atoms with E-state index in [1.165, 1.54) is 34.6 Å². The van der Waals surface area contributed by atoms with Crippen LogP contribution in [-0.2, 0) is 27.2 Å². The Hall–Kier alpha value is -4.31. The molecule has 236 valence electrons. The Labute approximate surface area is 253 Å². The van der Waals surface area contributed by atoms with Gasteiger partial charge in [0, 0.05) is 24.1 Å². The lowest BCUT2D eigenvalue weighted by molar-refractivity contribution is -0.140.